The zero-order chi connectivity index (χ0) is 52.8. The minimum atomic E-state index is -0.387. The molecule has 0 bridgehead atoms. The fraction of sp³-hybridized carbons (Fsp3) is 0.120. The monoisotopic (exact) mass is 1020 g/mol. The van der Waals surface area contributed by atoms with Gasteiger partial charge in [-0.15, -0.1) is 0 Å². The van der Waals surface area contributed by atoms with Gasteiger partial charge in [0.05, 0.1) is 0 Å². The van der Waals surface area contributed by atoms with Crippen LogP contribution in [0, 0.1) is 0 Å². The molecule has 0 aliphatic heterocycles. The zero-order valence-corrected chi connectivity index (χ0v) is 44.9. The lowest BCUT2D eigenvalue weighted by atomic mass is 9.72. The first-order valence-electron chi connectivity index (χ1n) is 27.7. The van der Waals surface area contributed by atoms with Gasteiger partial charge in [0, 0.05) is 82.8 Å². The molecule has 376 valence electrons. The highest BCUT2D eigenvalue weighted by Gasteiger charge is 2.49. The fourth-order valence-corrected chi connectivity index (χ4v) is 15.0. The molecule has 0 amide bonds. The molecule has 0 atom stereocenters. The zero-order valence-electron chi connectivity index (χ0n) is 44.9. The number of fused-ring (bicyclic) bond motifs is 22. The predicted octanol–water partition coefficient (Wildman–Crippen LogP) is 21.1. The van der Waals surface area contributed by atoms with Crippen LogP contribution in [0.3, 0.4) is 0 Å². The highest BCUT2D eigenvalue weighted by atomic mass is 16.3. The van der Waals surface area contributed by atoms with E-state index in [1.165, 1.54) is 83.3 Å². The average molecular weight is 1020 g/mol. The number of hydrogen-bond acceptors (Lipinski definition) is 4. The van der Waals surface area contributed by atoms with E-state index in [0.717, 1.165) is 88.6 Å². The molecule has 3 heterocycles. The van der Waals surface area contributed by atoms with Crippen molar-refractivity contribution < 1.29 is 13.3 Å². The van der Waals surface area contributed by atoms with E-state index in [0.29, 0.717) is 0 Å². The van der Waals surface area contributed by atoms with Crippen LogP contribution >= 0.6 is 0 Å². The van der Waals surface area contributed by atoms with Crippen LogP contribution in [0.2, 0.25) is 0 Å². The van der Waals surface area contributed by atoms with E-state index in [2.05, 4.69) is 253 Å². The molecule has 3 aliphatic carbocycles. The van der Waals surface area contributed by atoms with Crippen LogP contribution in [-0.4, -0.2) is 0 Å². The number of benzene rings is 11. The van der Waals surface area contributed by atoms with Crippen molar-refractivity contribution >= 4 is 82.9 Å². The molecule has 0 saturated carbocycles. The molecule has 11 aromatic carbocycles. The summed E-state index contributed by atoms with van der Waals surface area (Å²) in [5, 5.41) is 6.88. The van der Waals surface area contributed by atoms with E-state index in [1.807, 2.05) is 6.07 Å². The Morgan fingerprint density at radius 2 is 0.772 bits per heavy atom. The number of furan rings is 3. The summed E-state index contributed by atoms with van der Waals surface area (Å²) in [5.74, 6) is 0. The molecule has 0 N–H and O–H groups in total. The van der Waals surface area contributed by atoms with Gasteiger partial charge in [0.2, 0.25) is 0 Å². The van der Waals surface area contributed by atoms with Gasteiger partial charge in [0.1, 0.15) is 33.5 Å². The molecule has 3 aliphatic rings. The Morgan fingerprint density at radius 3 is 1.48 bits per heavy atom. The quantitative estimate of drug-likeness (QED) is 0.172. The Hall–Kier alpha value is -9.38. The maximum Gasteiger partial charge on any atom is 0.144 e. The third kappa shape index (κ3) is 5.83. The SMILES string of the molecule is CC1(C)c2cc(N(c3ccc4c(c3)C(C)(C)c3c5c(c6c(oc7ccccc76)c3-4)-c3ccccc3C5(C)C)c3ccc4c(c3)oc3ccccc34)ccc2-c2c1cc(-c1ccccc1-c1ccccc1)c1oc3ccccc3c21. The second-order valence-corrected chi connectivity index (χ2v) is 23.9. The van der Waals surface area contributed by atoms with Crippen molar-refractivity contribution in [3.05, 3.63) is 246 Å². The van der Waals surface area contributed by atoms with E-state index in [4.69, 9.17) is 13.3 Å². The smallest absolute Gasteiger partial charge is 0.144 e. The van der Waals surface area contributed by atoms with Crippen molar-refractivity contribution in [2.24, 2.45) is 0 Å². The van der Waals surface area contributed by atoms with E-state index in [-0.39, 0.29) is 16.2 Å². The first kappa shape index (κ1) is 44.7. The Labute approximate surface area is 457 Å². The van der Waals surface area contributed by atoms with Gasteiger partial charge in [-0.1, -0.05) is 187 Å². The first-order valence-corrected chi connectivity index (χ1v) is 27.7. The Balaban J connectivity index is 0.890. The summed E-state index contributed by atoms with van der Waals surface area (Å²) >= 11 is 0. The lowest BCUT2D eigenvalue weighted by Gasteiger charge is -2.32. The molecule has 17 rings (SSSR count). The summed E-state index contributed by atoms with van der Waals surface area (Å²) < 4.78 is 20.8. The van der Waals surface area contributed by atoms with Crippen molar-refractivity contribution in [3.63, 3.8) is 0 Å². The summed E-state index contributed by atoms with van der Waals surface area (Å²) in [5.41, 5.74) is 27.7. The largest absolute Gasteiger partial charge is 0.456 e. The molecule has 0 spiro atoms. The van der Waals surface area contributed by atoms with Crippen molar-refractivity contribution in [2.45, 2.75) is 57.8 Å². The molecular formula is C75H53NO3. The summed E-state index contributed by atoms with van der Waals surface area (Å²) in [6.45, 7) is 14.5. The first-order chi connectivity index (χ1) is 38.5. The second-order valence-electron chi connectivity index (χ2n) is 23.9. The molecule has 0 radical (unpaired) electrons. The Bertz CT molecular complexity index is 5000. The molecular weight excluding hydrogens is 963 g/mol. The van der Waals surface area contributed by atoms with Crippen LogP contribution in [0.15, 0.2) is 226 Å². The lowest BCUT2D eigenvalue weighted by molar-refractivity contribution is 0.600. The molecule has 14 aromatic rings. The maximum absolute atomic E-state index is 7.10. The number of nitrogens with zero attached hydrogens (tertiary/aromatic N) is 1. The van der Waals surface area contributed by atoms with Crippen LogP contribution in [0.4, 0.5) is 17.1 Å². The standard InChI is InChI=1S/C75H53NO3/c1-73(2)57-38-43(33-36-51(57)64-59(73)41-55(71-66(64)53-26-14-18-30-61(53)78-71)47-23-11-10-22-46(47)42-20-8-7-9-21-42)76(45-32-35-49-48-24-13-17-29-60(48)77-63(49)40-45)44-34-37-52-58(39-44)75(5,6)70-68(52)72-67(54-27-15-19-31-62(54)79-72)65-50-25-12-16-28-56(50)74(3,4)69(65)70/h7-41H,1-6H3. The number of para-hydroxylation sites is 3. The maximum atomic E-state index is 7.10. The van der Waals surface area contributed by atoms with Gasteiger partial charge in [-0.2, -0.15) is 0 Å². The van der Waals surface area contributed by atoms with Gasteiger partial charge in [0.15, 0.2) is 0 Å². The normalized spacial score (nSPS) is 15.0. The van der Waals surface area contributed by atoms with E-state index < -0.39 is 0 Å². The second kappa shape index (κ2) is 15.4. The van der Waals surface area contributed by atoms with Crippen molar-refractivity contribution in [3.8, 4) is 55.6 Å². The topological polar surface area (TPSA) is 42.7 Å². The van der Waals surface area contributed by atoms with Crippen molar-refractivity contribution in [2.75, 3.05) is 4.90 Å². The number of rotatable bonds is 5. The summed E-state index contributed by atoms with van der Waals surface area (Å²) in [6, 6.07) is 77.6. The summed E-state index contributed by atoms with van der Waals surface area (Å²) in [4.78, 5) is 2.46. The van der Waals surface area contributed by atoms with Crippen LogP contribution in [-0.2, 0) is 16.2 Å². The van der Waals surface area contributed by atoms with Gasteiger partial charge in [-0.25, -0.2) is 0 Å². The lowest BCUT2D eigenvalue weighted by Crippen LogP contribution is -2.24. The molecule has 0 saturated heterocycles. The number of anilines is 3. The van der Waals surface area contributed by atoms with Gasteiger partial charge >= 0.3 is 0 Å². The van der Waals surface area contributed by atoms with Crippen LogP contribution < -0.4 is 4.90 Å². The molecule has 0 fully saturated rings. The van der Waals surface area contributed by atoms with Crippen molar-refractivity contribution in [1.29, 1.82) is 0 Å². The molecule has 79 heavy (non-hydrogen) atoms. The van der Waals surface area contributed by atoms with E-state index >= 15 is 0 Å². The molecule has 4 heteroatoms. The summed E-state index contributed by atoms with van der Waals surface area (Å²) in [7, 11) is 0. The molecule has 0 unspecified atom stereocenters. The fourth-order valence-electron chi connectivity index (χ4n) is 15.0. The van der Waals surface area contributed by atoms with Gasteiger partial charge in [-0.05, 0) is 139 Å². The molecule has 4 nitrogen and oxygen atoms in total. The highest BCUT2D eigenvalue weighted by molar-refractivity contribution is 6.22. The van der Waals surface area contributed by atoms with Gasteiger partial charge < -0.3 is 18.2 Å². The van der Waals surface area contributed by atoms with Gasteiger partial charge in [-0.3, -0.25) is 0 Å². The minimum Gasteiger partial charge on any atom is -0.456 e. The average Bonchev–Trinajstić information content (AvgIpc) is 4.20. The Kier molecular flexibility index (Phi) is 8.73. The van der Waals surface area contributed by atoms with Gasteiger partial charge in [0.25, 0.3) is 0 Å². The minimum absolute atomic E-state index is 0.242. The third-order valence-electron chi connectivity index (χ3n) is 18.6. The Morgan fingerprint density at radius 1 is 0.291 bits per heavy atom. The van der Waals surface area contributed by atoms with Crippen LogP contribution in [0.25, 0.3) is 121 Å². The molecule has 3 aromatic heterocycles. The predicted molar refractivity (Wildman–Crippen MR) is 327 cm³/mol. The van der Waals surface area contributed by atoms with E-state index in [1.54, 1.807) is 0 Å². The van der Waals surface area contributed by atoms with E-state index in [9.17, 15) is 0 Å². The van der Waals surface area contributed by atoms with Crippen molar-refractivity contribution in [1.82, 2.24) is 0 Å². The number of hydrogen-bond donors (Lipinski definition) is 0. The summed E-state index contributed by atoms with van der Waals surface area (Å²) in [6.07, 6.45) is 0. The van der Waals surface area contributed by atoms with Crippen LogP contribution in [0.1, 0.15) is 74.9 Å². The highest BCUT2D eigenvalue weighted by Crippen LogP contribution is 2.64. The van der Waals surface area contributed by atoms with Crippen LogP contribution in [0.5, 0.6) is 0 Å². The third-order valence-corrected chi connectivity index (χ3v) is 18.6.